The molecule has 6 nitrogen and oxygen atoms in total. The quantitative estimate of drug-likeness (QED) is 0.608. The monoisotopic (exact) mass is 437 g/mol. The van der Waals surface area contributed by atoms with Gasteiger partial charge in [0.15, 0.2) is 11.5 Å². The van der Waals surface area contributed by atoms with Gasteiger partial charge in [-0.3, -0.25) is 4.79 Å². The molecule has 1 N–H and O–H groups in total. The molecule has 0 radical (unpaired) electrons. The first kappa shape index (κ1) is 21.3. The minimum atomic E-state index is -0.262. The van der Waals surface area contributed by atoms with E-state index in [-0.39, 0.29) is 16.7 Å². The number of benzene rings is 2. The molecular weight excluding hydrogens is 410 g/mol. The average Bonchev–Trinajstić information content (AvgIpc) is 3.10. The van der Waals surface area contributed by atoms with Gasteiger partial charge in [-0.2, -0.15) is 5.10 Å². The number of rotatable bonds is 5. The molecule has 1 unspecified atom stereocenters. The predicted octanol–water partition coefficient (Wildman–Crippen LogP) is 5.00. The van der Waals surface area contributed by atoms with Crippen molar-refractivity contribution in [2.45, 2.75) is 38.2 Å². The standard InChI is InChI=1S/C24H27N3O3S/c1-24(2,3)27-23-18(13-25-27)22(31-15-20(28)26-23)17-11-8-12-19(29-4)21(17)30-14-16-9-6-5-7-10-16/h5-13,22H,14-15H2,1-4H3,(H,26,28). The van der Waals surface area contributed by atoms with E-state index in [2.05, 4.69) is 31.2 Å². The largest absolute Gasteiger partial charge is 0.493 e. The molecule has 1 amide bonds. The molecule has 2 heterocycles. The van der Waals surface area contributed by atoms with Crippen LogP contribution in [0.4, 0.5) is 5.82 Å². The second kappa shape index (κ2) is 8.67. The highest BCUT2D eigenvalue weighted by atomic mass is 32.2. The number of aromatic nitrogens is 2. The van der Waals surface area contributed by atoms with E-state index in [9.17, 15) is 4.79 Å². The fourth-order valence-electron chi connectivity index (χ4n) is 3.65. The molecule has 0 spiro atoms. The van der Waals surface area contributed by atoms with Crippen LogP contribution in [0.2, 0.25) is 0 Å². The van der Waals surface area contributed by atoms with Crippen LogP contribution in [0.1, 0.15) is 42.7 Å². The van der Waals surface area contributed by atoms with E-state index in [1.54, 1.807) is 18.9 Å². The third-order valence-corrected chi connectivity index (χ3v) is 6.36. The maximum Gasteiger partial charge on any atom is 0.235 e. The van der Waals surface area contributed by atoms with Crippen LogP contribution in [0.25, 0.3) is 0 Å². The molecule has 0 aliphatic carbocycles. The summed E-state index contributed by atoms with van der Waals surface area (Å²) in [5.74, 6) is 2.41. The molecular formula is C24H27N3O3S. The van der Waals surface area contributed by atoms with E-state index in [0.29, 0.717) is 23.9 Å². The Bertz CT molecular complexity index is 1070. The van der Waals surface area contributed by atoms with E-state index in [0.717, 1.165) is 22.5 Å². The molecule has 7 heteroatoms. The van der Waals surface area contributed by atoms with Crippen molar-refractivity contribution in [3.05, 3.63) is 71.4 Å². The Morgan fingerprint density at radius 3 is 2.61 bits per heavy atom. The van der Waals surface area contributed by atoms with Crippen molar-refractivity contribution in [1.82, 2.24) is 9.78 Å². The maximum atomic E-state index is 12.5. The second-order valence-corrected chi connectivity index (χ2v) is 9.52. The number of nitrogens with one attached hydrogen (secondary N) is 1. The Morgan fingerprint density at radius 1 is 1.13 bits per heavy atom. The van der Waals surface area contributed by atoms with E-state index >= 15 is 0 Å². The van der Waals surface area contributed by atoms with Crippen LogP contribution in [-0.2, 0) is 16.9 Å². The summed E-state index contributed by atoms with van der Waals surface area (Å²) in [6.45, 7) is 6.63. The van der Waals surface area contributed by atoms with Gasteiger partial charge in [0.05, 0.1) is 29.8 Å². The van der Waals surface area contributed by atoms with Crippen molar-refractivity contribution in [3.8, 4) is 11.5 Å². The van der Waals surface area contributed by atoms with Crippen LogP contribution in [0.5, 0.6) is 11.5 Å². The molecule has 31 heavy (non-hydrogen) atoms. The van der Waals surface area contributed by atoms with Crippen LogP contribution in [0.15, 0.2) is 54.7 Å². The number of carbonyl (C=O) groups excluding carboxylic acids is 1. The minimum absolute atomic E-state index is 0.0330. The number of carbonyl (C=O) groups is 1. The highest BCUT2D eigenvalue weighted by Crippen LogP contribution is 2.48. The molecule has 1 atom stereocenters. The number of fused-ring (bicyclic) bond motifs is 1. The van der Waals surface area contributed by atoms with Crippen molar-refractivity contribution in [3.63, 3.8) is 0 Å². The number of thioether (sulfide) groups is 1. The molecule has 2 aromatic carbocycles. The lowest BCUT2D eigenvalue weighted by atomic mass is 10.0. The summed E-state index contributed by atoms with van der Waals surface area (Å²) in [4.78, 5) is 12.5. The fraction of sp³-hybridized carbons (Fsp3) is 0.333. The molecule has 162 valence electrons. The van der Waals surface area contributed by atoms with Gasteiger partial charge >= 0.3 is 0 Å². The zero-order valence-electron chi connectivity index (χ0n) is 18.2. The number of nitrogens with zero attached hydrogens (tertiary/aromatic N) is 2. The molecule has 3 aromatic rings. The zero-order valence-corrected chi connectivity index (χ0v) is 19.0. The number of hydrogen-bond donors (Lipinski definition) is 1. The van der Waals surface area contributed by atoms with Gasteiger partial charge < -0.3 is 14.8 Å². The maximum absolute atomic E-state index is 12.5. The van der Waals surface area contributed by atoms with E-state index < -0.39 is 0 Å². The molecule has 1 aliphatic rings. The summed E-state index contributed by atoms with van der Waals surface area (Å²) in [6.07, 6.45) is 1.85. The summed E-state index contributed by atoms with van der Waals surface area (Å²) in [5, 5.41) is 7.54. The van der Waals surface area contributed by atoms with Crippen molar-refractivity contribution < 1.29 is 14.3 Å². The highest BCUT2D eigenvalue weighted by molar-refractivity contribution is 8.00. The first-order valence-corrected chi connectivity index (χ1v) is 11.3. The Hall–Kier alpha value is -2.93. The van der Waals surface area contributed by atoms with E-state index in [1.807, 2.05) is 59.4 Å². The van der Waals surface area contributed by atoms with Crippen LogP contribution in [-0.4, -0.2) is 28.6 Å². The smallest absolute Gasteiger partial charge is 0.235 e. The van der Waals surface area contributed by atoms with Crippen LogP contribution in [0, 0.1) is 0 Å². The highest BCUT2D eigenvalue weighted by Gasteiger charge is 2.32. The summed E-state index contributed by atoms with van der Waals surface area (Å²) >= 11 is 1.57. The summed E-state index contributed by atoms with van der Waals surface area (Å²) in [6, 6.07) is 15.9. The molecule has 0 fully saturated rings. The van der Waals surface area contributed by atoms with Crippen LogP contribution >= 0.6 is 11.8 Å². The third kappa shape index (κ3) is 4.42. The lowest BCUT2D eigenvalue weighted by Gasteiger charge is -2.23. The Morgan fingerprint density at radius 2 is 1.90 bits per heavy atom. The van der Waals surface area contributed by atoms with Gasteiger partial charge in [-0.1, -0.05) is 42.5 Å². The third-order valence-electron chi connectivity index (χ3n) is 5.09. The first-order valence-electron chi connectivity index (χ1n) is 10.2. The molecule has 0 saturated heterocycles. The number of hydrogen-bond acceptors (Lipinski definition) is 5. The topological polar surface area (TPSA) is 65.4 Å². The predicted molar refractivity (Wildman–Crippen MR) is 124 cm³/mol. The Labute approximate surface area is 186 Å². The van der Waals surface area contributed by atoms with Gasteiger partial charge in [-0.15, -0.1) is 11.8 Å². The van der Waals surface area contributed by atoms with Crippen molar-refractivity contribution in [1.29, 1.82) is 0 Å². The van der Waals surface area contributed by atoms with Crippen molar-refractivity contribution >= 4 is 23.5 Å². The average molecular weight is 438 g/mol. The van der Waals surface area contributed by atoms with E-state index in [4.69, 9.17) is 9.47 Å². The molecule has 0 bridgehead atoms. The summed E-state index contributed by atoms with van der Waals surface area (Å²) < 4.78 is 13.8. The minimum Gasteiger partial charge on any atom is -0.493 e. The number of methoxy groups -OCH3 is 1. The van der Waals surface area contributed by atoms with Crippen molar-refractivity contribution in [2.75, 3.05) is 18.2 Å². The first-order chi connectivity index (χ1) is 14.9. The van der Waals surface area contributed by atoms with Crippen LogP contribution in [0.3, 0.4) is 0 Å². The van der Waals surface area contributed by atoms with Gasteiger partial charge in [0.2, 0.25) is 5.91 Å². The van der Waals surface area contributed by atoms with Crippen LogP contribution < -0.4 is 14.8 Å². The van der Waals surface area contributed by atoms with Gasteiger partial charge in [0.25, 0.3) is 0 Å². The second-order valence-electron chi connectivity index (χ2n) is 8.42. The van der Waals surface area contributed by atoms with Crippen molar-refractivity contribution in [2.24, 2.45) is 0 Å². The van der Waals surface area contributed by atoms with Gasteiger partial charge in [-0.25, -0.2) is 4.68 Å². The number of ether oxygens (including phenoxy) is 2. The fourth-order valence-corrected chi connectivity index (χ4v) is 4.75. The summed E-state index contributed by atoms with van der Waals surface area (Å²) in [7, 11) is 1.64. The molecule has 4 rings (SSSR count). The number of amides is 1. The number of anilines is 1. The van der Waals surface area contributed by atoms with Gasteiger partial charge in [0, 0.05) is 11.1 Å². The molecule has 0 saturated carbocycles. The zero-order chi connectivity index (χ0) is 22.0. The molecule has 1 aliphatic heterocycles. The lowest BCUT2D eigenvalue weighted by molar-refractivity contribution is -0.113. The lowest BCUT2D eigenvalue weighted by Crippen LogP contribution is -2.27. The Kier molecular flexibility index (Phi) is 5.96. The molecule has 1 aromatic heterocycles. The van der Waals surface area contributed by atoms with E-state index in [1.165, 1.54) is 0 Å². The SMILES string of the molecule is COc1cccc(C2SCC(=O)Nc3c2cnn3C(C)(C)C)c1OCc1ccccc1. The Balaban J connectivity index is 1.77. The normalized spacial score (nSPS) is 16.3. The summed E-state index contributed by atoms with van der Waals surface area (Å²) in [5.41, 5.74) is 2.74. The van der Waals surface area contributed by atoms with Gasteiger partial charge in [0.1, 0.15) is 12.4 Å². The number of para-hydroxylation sites is 1. The van der Waals surface area contributed by atoms with Gasteiger partial charge in [-0.05, 0) is 32.4 Å².